The molecule has 4 aliphatic rings. The van der Waals surface area contributed by atoms with E-state index in [-0.39, 0.29) is 12.2 Å². The van der Waals surface area contributed by atoms with Crippen molar-refractivity contribution in [3.05, 3.63) is 28.7 Å². The summed E-state index contributed by atoms with van der Waals surface area (Å²) in [5, 5.41) is 2.83. The first kappa shape index (κ1) is 13.4. The second-order valence-electron chi connectivity index (χ2n) is 7.09. The van der Waals surface area contributed by atoms with Crippen LogP contribution >= 0.6 is 15.9 Å². The molecule has 1 aliphatic heterocycles. The molecule has 7 atom stereocenters. The van der Waals surface area contributed by atoms with E-state index < -0.39 is 0 Å². The van der Waals surface area contributed by atoms with Crippen LogP contribution in [-0.4, -0.2) is 24.4 Å². The molecule has 1 aromatic carbocycles. The van der Waals surface area contributed by atoms with Gasteiger partial charge in [0.25, 0.3) is 0 Å². The molecule has 0 radical (unpaired) electrons. The number of carbonyl (C=O) groups is 1. The summed E-state index contributed by atoms with van der Waals surface area (Å²) in [6, 6.07) is 7.57. The van der Waals surface area contributed by atoms with Gasteiger partial charge in [-0.15, -0.1) is 0 Å². The quantitative estimate of drug-likeness (QED) is 0.812. The number of epoxide rings is 1. The zero-order valence-corrected chi connectivity index (χ0v) is 13.7. The van der Waals surface area contributed by atoms with Gasteiger partial charge >= 0.3 is 6.09 Å². The number of nitrogens with one attached hydrogen (secondary N) is 1. The molecule has 3 saturated carbocycles. The van der Waals surface area contributed by atoms with Crippen molar-refractivity contribution in [2.75, 3.05) is 5.32 Å². The second-order valence-corrected chi connectivity index (χ2v) is 8.01. The molecule has 1 saturated heterocycles. The van der Waals surface area contributed by atoms with Crippen LogP contribution in [0.15, 0.2) is 28.7 Å². The molecule has 0 spiro atoms. The summed E-state index contributed by atoms with van der Waals surface area (Å²) in [5.74, 6) is 2.74. The Hall–Kier alpha value is -1.07. The van der Waals surface area contributed by atoms with Gasteiger partial charge in [0.15, 0.2) is 0 Å². The van der Waals surface area contributed by atoms with Gasteiger partial charge in [-0.3, -0.25) is 5.32 Å². The molecule has 4 fully saturated rings. The van der Waals surface area contributed by atoms with Crippen molar-refractivity contribution in [1.82, 2.24) is 0 Å². The highest BCUT2D eigenvalue weighted by Gasteiger charge is 2.67. The van der Waals surface area contributed by atoms with Gasteiger partial charge in [0.05, 0.1) is 12.2 Å². The summed E-state index contributed by atoms with van der Waals surface area (Å²) >= 11 is 3.40. The Morgan fingerprint density at radius 3 is 3.05 bits per heavy atom. The van der Waals surface area contributed by atoms with Gasteiger partial charge in [0.1, 0.15) is 6.10 Å². The van der Waals surface area contributed by atoms with Crippen molar-refractivity contribution < 1.29 is 14.3 Å². The van der Waals surface area contributed by atoms with Crippen LogP contribution in [0.3, 0.4) is 0 Å². The molecule has 2 bridgehead atoms. The zero-order valence-electron chi connectivity index (χ0n) is 12.1. The lowest BCUT2D eigenvalue weighted by atomic mass is 9.79. The van der Waals surface area contributed by atoms with Crippen LogP contribution in [-0.2, 0) is 9.47 Å². The number of benzene rings is 1. The van der Waals surface area contributed by atoms with Crippen LogP contribution < -0.4 is 5.32 Å². The summed E-state index contributed by atoms with van der Waals surface area (Å²) < 4.78 is 12.4. The second kappa shape index (κ2) is 4.71. The van der Waals surface area contributed by atoms with Gasteiger partial charge in [-0.2, -0.15) is 0 Å². The van der Waals surface area contributed by atoms with E-state index in [1.807, 2.05) is 24.3 Å². The highest BCUT2D eigenvalue weighted by Crippen LogP contribution is 2.64. The molecule has 4 nitrogen and oxygen atoms in total. The molecule has 0 aromatic heterocycles. The monoisotopic (exact) mass is 363 g/mol. The summed E-state index contributed by atoms with van der Waals surface area (Å²) in [6.07, 6.45) is 4.25. The Morgan fingerprint density at radius 2 is 2.18 bits per heavy atom. The van der Waals surface area contributed by atoms with Gasteiger partial charge in [-0.25, -0.2) is 4.79 Å². The summed E-state index contributed by atoms with van der Waals surface area (Å²) in [5.41, 5.74) is 0.760. The molecule has 1 N–H and O–H groups in total. The Kier molecular flexibility index (Phi) is 2.87. The molecule has 116 valence electrons. The average Bonchev–Trinajstić information content (AvgIpc) is 2.82. The molecular formula is C17H18BrNO3. The van der Waals surface area contributed by atoms with Crippen LogP contribution in [0.4, 0.5) is 10.5 Å². The van der Waals surface area contributed by atoms with E-state index in [1.54, 1.807) is 0 Å². The lowest BCUT2D eigenvalue weighted by molar-refractivity contribution is 0.0251. The maximum absolute atomic E-state index is 12.1. The van der Waals surface area contributed by atoms with E-state index in [4.69, 9.17) is 9.47 Å². The molecule has 1 amide bonds. The van der Waals surface area contributed by atoms with Gasteiger partial charge in [-0.05, 0) is 61.1 Å². The minimum absolute atomic E-state index is 0.0934. The number of carbonyl (C=O) groups excluding carboxylic acids is 1. The highest BCUT2D eigenvalue weighted by atomic mass is 79.9. The number of rotatable bonds is 2. The van der Waals surface area contributed by atoms with E-state index in [0.717, 1.165) is 28.4 Å². The van der Waals surface area contributed by atoms with Crippen molar-refractivity contribution in [1.29, 1.82) is 0 Å². The normalized spacial score (nSPS) is 43.6. The van der Waals surface area contributed by atoms with Gasteiger partial charge in [0, 0.05) is 10.2 Å². The van der Waals surface area contributed by atoms with Crippen LogP contribution in [0, 0.1) is 23.7 Å². The van der Waals surface area contributed by atoms with Crippen molar-refractivity contribution in [2.45, 2.75) is 37.6 Å². The van der Waals surface area contributed by atoms with E-state index >= 15 is 0 Å². The molecule has 3 aliphatic carbocycles. The third-order valence-corrected chi connectivity index (χ3v) is 6.50. The third kappa shape index (κ3) is 2.02. The van der Waals surface area contributed by atoms with E-state index in [0.29, 0.717) is 24.0 Å². The van der Waals surface area contributed by atoms with Crippen molar-refractivity contribution in [2.24, 2.45) is 23.7 Å². The Morgan fingerprint density at radius 1 is 1.27 bits per heavy atom. The number of anilines is 1. The fourth-order valence-corrected chi connectivity index (χ4v) is 5.65. The maximum atomic E-state index is 12.1. The molecule has 5 rings (SSSR count). The summed E-state index contributed by atoms with van der Waals surface area (Å²) in [6.45, 7) is 0. The van der Waals surface area contributed by atoms with E-state index in [9.17, 15) is 4.79 Å². The first-order valence-corrected chi connectivity index (χ1v) is 8.87. The van der Waals surface area contributed by atoms with E-state index in [2.05, 4.69) is 21.2 Å². The molecule has 1 heterocycles. The van der Waals surface area contributed by atoms with Gasteiger partial charge in [-0.1, -0.05) is 22.0 Å². The van der Waals surface area contributed by atoms with Crippen LogP contribution in [0.2, 0.25) is 0 Å². The van der Waals surface area contributed by atoms with Crippen molar-refractivity contribution >= 4 is 27.7 Å². The van der Waals surface area contributed by atoms with Crippen molar-refractivity contribution in [3.63, 3.8) is 0 Å². The molecule has 1 aromatic rings. The number of ether oxygens (including phenoxy) is 2. The molecule has 5 heteroatoms. The zero-order chi connectivity index (χ0) is 14.8. The number of amides is 1. The smallest absolute Gasteiger partial charge is 0.411 e. The Balaban J connectivity index is 1.23. The first-order valence-electron chi connectivity index (χ1n) is 8.08. The predicted octanol–water partition coefficient (Wildman–Crippen LogP) is 3.81. The average molecular weight is 364 g/mol. The minimum Gasteiger partial charge on any atom is -0.446 e. The SMILES string of the molecule is O=C(Nc1cccc(Br)c1)OC1CC2CC1C1CC3OC3C21. The summed E-state index contributed by atoms with van der Waals surface area (Å²) in [4.78, 5) is 12.1. The number of halogens is 1. The molecule has 7 unspecified atom stereocenters. The van der Waals surface area contributed by atoms with Crippen molar-refractivity contribution in [3.8, 4) is 0 Å². The molecular weight excluding hydrogens is 346 g/mol. The standard InChI is InChI=1S/C17H18BrNO3/c18-9-2-1-3-10(6-9)19-17(20)22-13-5-8-4-11(13)12-7-14-16(21-14)15(8)12/h1-3,6,8,11-16H,4-5,7H2,(H,19,20). The van der Waals surface area contributed by atoms with Gasteiger partial charge in [0.2, 0.25) is 0 Å². The maximum Gasteiger partial charge on any atom is 0.411 e. The predicted molar refractivity (Wildman–Crippen MR) is 84.5 cm³/mol. The summed E-state index contributed by atoms with van der Waals surface area (Å²) in [7, 11) is 0. The third-order valence-electron chi connectivity index (χ3n) is 6.01. The molecule has 22 heavy (non-hydrogen) atoms. The Bertz CT molecular complexity index is 636. The highest BCUT2D eigenvalue weighted by molar-refractivity contribution is 9.10. The largest absolute Gasteiger partial charge is 0.446 e. The number of hydrogen-bond acceptors (Lipinski definition) is 3. The fourth-order valence-electron chi connectivity index (χ4n) is 5.25. The number of fused-ring (bicyclic) bond motifs is 7. The topological polar surface area (TPSA) is 50.9 Å². The lowest BCUT2D eigenvalue weighted by Crippen LogP contribution is -2.35. The van der Waals surface area contributed by atoms with E-state index in [1.165, 1.54) is 12.8 Å². The van der Waals surface area contributed by atoms with Crippen LogP contribution in [0.1, 0.15) is 19.3 Å². The van der Waals surface area contributed by atoms with Gasteiger partial charge < -0.3 is 9.47 Å². The lowest BCUT2D eigenvalue weighted by Gasteiger charge is -2.32. The fraction of sp³-hybridized carbons (Fsp3) is 0.588. The number of hydrogen-bond donors (Lipinski definition) is 1. The van der Waals surface area contributed by atoms with Crippen LogP contribution in [0.25, 0.3) is 0 Å². The first-order chi connectivity index (χ1) is 10.7. The minimum atomic E-state index is -0.327. The van der Waals surface area contributed by atoms with Crippen LogP contribution in [0.5, 0.6) is 0 Å². The Labute approximate surface area is 137 Å².